The molecule has 0 aliphatic rings. The highest BCUT2D eigenvalue weighted by molar-refractivity contribution is 5.31. The minimum absolute atomic E-state index is 0.0630. The lowest BCUT2D eigenvalue weighted by atomic mass is 10.3. The van der Waals surface area contributed by atoms with Crippen molar-refractivity contribution < 1.29 is 9.66 Å². The van der Waals surface area contributed by atoms with E-state index in [0.717, 1.165) is 6.20 Å². The maximum absolute atomic E-state index is 10.4. The van der Waals surface area contributed by atoms with Gasteiger partial charge in [-0.2, -0.15) is 0 Å². The van der Waals surface area contributed by atoms with E-state index in [0.29, 0.717) is 11.6 Å². The normalized spacial score (nSPS) is 9.75. The van der Waals surface area contributed by atoms with Gasteiger partial charge in [0.2, 0.25) is 5.88 Å². The molecule has 0 spiro atoms. The predicted octanol–water partition coefficient (Wildman–Crippen LogP) is 2.58. The third-order valence-corrected chi connectivity index (χ3v) is 1.83. The van der Waals surface area contributed by atoms with Crippen LogP contribution in [0.3, 0.4) is 0 Å². The molecule has 1 radical (unpaired) electrons. The van der Waals surface area contributed by atoms with Crippen molar-refractivity contribution in [2.75, 3.05) is 0 Å². The Morgan fingerprint density at radius 2 is 2.25 bits per heavy atom. The number of nitrogens with zero attached hydrogens (tertiary/aromatic N) is 2. The summed E-state index contributed by atoms with van der Waals surface area (Å²) in [6.07, 6.45) is 1.15. The Kier molecular flexibility index (Phi) is 2.77. The summed E-state index contributed by atoms with van der Waals surface area (Å²) in [6, 6.07) is 12.6. The van der Waals surface area contributed by atoms with Crippen LogP contribution in [-0.2, 0) is 0 Å². The first-order valence-electron chi connectivity index (χ1n) is 4.50. The van der Waals surface area contributed by atoms with Crippen LogP contribution in [0.15, 0.2) is 42.6 Å². The van der Waals surface area contributed by atoms with E-state index in [1.165, 1.54) is 12.1 Å². The van der Waals surface area contributed by atoms with Gasteiger partial charge in [-0.3, -0.25) is 10.1 Å². The lowest BCUT2D eigenvalue weighted by Crippen LogP contribution is -1.91. The first-order chi connectivity index (χ1) is 7.75. The van der Waals surface area contributed by atoms with E-state index in [9.17, 15) is 10.1 Å². The van der Waals surface area contributed by atoms with Crippen molar-refractivity contribution in [1.29, 1.82) is 0 Å². The smallest absolute Gasteiger partial charge is 0.287 e. The zero-order chi connectivity index (χ0) is 11.4. The lowest BCUT2D eigenvalue weighted by Gasteiger charge is -2.02. The van der Waals surface area contributed by atoms with E-state index in [4.69, 9.17) is 4.74 Å². The van der Waals surface area contributed by atoms with Gasteiger partial charge in [0.25, 0.3) is 5.69 Å². The van der Waals surface area contributed by atoms with Gasteiger partial charge < -0.3 is 4.74 Å². The second kappa shape index (κ2) is 4.39. The molecule has 16 heavy (non-hydrogen) atoms. The van der Waals surface area contributed by atoms with Crippen LogP contribution in [0.1, 0.15) is 0 Å². The molecule has 0 bridgehead atoms. The first kappa shape index (κ1) is 10.1. The molecule has 0 atom stereocenters. The highest BCUT2D eigenvalue weighted by atomic mass is 16.6. The highest BCUT2D eigenvalue weighted by Crippen LogP contribution is 2.20. The third-order valence-electron chi connectivity index (χ3n) is 1.83. The molecule has 0 saturated heterocycles. The molecule has 0 amide bonds. The van der Waals surface area contributed by atoms with E-state index >= 15 is 0 Å². The number of aromatic nitrogens is 1. The van der Waals surface area contributed by atoms with Gasteiger partial charge in [-0.05, 0) is 18.2 Å². The molecular formula is C11H7N2O3. The summed E-state index contributed by atoms with van der Waals surface area (Å²) >= 11 is 0. The van der Waals surface area contributed by atoms with Crippen LogP contribution in [-0.4, -0.2) is 9.91 Å². The Hall–Kier alpha value is -2.43. The van der Waals surface area contributed by atoms with E-state index in [-0.39, 0.29) is 5.69 Å². The van der Waals surface area contributed by atoms with Crippen molar-refractivity contribution in [2.24, 2.45) is 0 Å². The second-order valence-corrected chi connectivity index (χ2v) is 2.95. The predicted molar refractivity (Wildman–Crippen MR) is 56.2 cm³/mol. The lowest BCUT2D eigenvalue weighted by molar-refractivity contribution is -0.385. The Morgan fingerprint density at radius 3 is 2.81 bits per heavy atom. The minimum Gasteiger partial charge on any atom is -0.439 e. The summed E-state index contributed by atoms with van der Waals surface area (Å²) in [6.45, 7) is 0. The largest absolute Gasteiger partial charge is 0.439 e. The SMILES string of the molecule is O=[N+]([O-])c1ccc(Oc2c[c]ccc2)nc1. The van der Waals surface area contributed by atoms with E-state index in [1.807, 2.05) is 0 Å². The van der Waals surface area contributed by atoms with Crippen LogP contribution in [0.4, 0.5) is 5.69 Å². The molecule has 5 heteroatoms. The van der Waals surface area contributed by atoms with Gasteiger partial charge in [0.1, 0.15) is 11.9 Å². The van der Waals surface area contributed by atoms with Gasteiger partial charge in [0.05, 0.1) is 4.92 Å². The van der Waals surface area contributed by atoms with Crippen molar-refractivity contribution in [2.45, 2.75) is 0 Å². The number of rotatable bonds is 3. The fraction of sp³-hybridized carbons (Fsp3) is 0. The van der Waals surface area contributed by atoms with Gasteiger partial charge in [-0.1, -0.05) is 12.1 Å². The minimum atomic E-state index is -0.507. The zero-order valence-corrected chi connectivity index (χ0v) is 8.16. The van der Waals surface area contributed by atoms with E-state index in [1.54, 1.807) is 24.3 Å². The zero-order valence-electron chi connectivity index (χ0n) is 8.16. The van der Waals surface area contributed by atoms with Gasteiger partial charge in [-0.25, -0.2) is 4.98 Å². The standard InChI is InChI=1S/C11H7N2O3/c14-13(15)9-6-7-11(12-8-9)16-10-4-2-1-3-5-10/h1-2,4-8H. The van der Waals surface area contributed by atoms with Gasteiger partial charge in [0.15, 0.2) is 0 Å². The summed E-state index contributed by atoms with van der Waals surface area (Å²) in [5.74, 6) is 0.897. The van der Waals surface area contributed by atoms with Gasteiger partial charge in [0, 0.05) is 12.1 Å². The number of benzene rings is 1. The van der Waals surface area contributed by atoms with Crippen molar-refractivity contribution in [3.63, 3.8) is 0 Å². The van der Waals surface area contributed by atoms with Crippen LogP contribution in [0, 0.1) is 16.2 Å². The quantitative estimate of drug-likeness (QED) is 0.583. The molecule has 0 N–H and O–H groups in total. The topological polar surface area (TPSA) is 65.3 Å². The van der Waals surface area contributed by atoms with Crippen LogP contribution >= 0.6 is 0 Å². The Bertz CT molecular complexity index is 482. The van der Waals surface area contributed by atoms with E-state index in [2.05, 4.69) is 11.1 Å². The molecule has 0 unspecified atom stereocenters. The Balaban J connectivity index is 2.14. The van der Waals surface area contributed by atoms with Gasteiger partial charge in [-0.15, -0.1) is 0 Å². The summed E-state index contributed by atoms with van der Waals surface area (Å²) in [7, 11) is 0. The Labute approximate surface area is 91.5 Å². The summed E-state index contributed by atoms with van der Waals surface area (Å²) < 4.78 is 5.35. The molecule has 1 heterocycles. The van der Waals surface area contributed by atoms with Gasteiger partial charge >= 0.3 is 0 Å². The third kappa shape index (κ3) is 2.33. The van der Waals surface area contributed by atoms with Crippen molar-refractivity contribution in [3.05, 3.63) is 58.8 Å². The molecule has 5 nitrogen and oxygen atoms in total. The summed E-state index contributed by atoms with van der Waals surface area (Å²) in [5.41, 5.74) is -0.0630. The van der Waals surface area contributed by atoms with Crippen LogP contribution in [0.25, 0.3) is 0 Å². The molecule has 0 aliphatic carbocycles. The van der Waals surface area contributed by atoms with E-state index < -0.39 is 4.92 Å². The monoisotopic (exact) mass is 215 g/mol. The van der Waals surface area contributed by atoms with Crippen LogP contribution in [0.5, 0.6) is 11.6 Å². The molecule has 2 aromatic rings. The summed E-state index contributed by atoms with van der Waals surface area (Å²) in [4.78, 5) is 13.7. The number of nitro groups is 1. The number of pyridine rings is 1. The average molecular weight is 215 g/mol. The molecule has 79 valence electrons. The molecule has 1 aromatic heterocycles. The maximum Gasteiger partial charge on any atom is 0.287 e. The maximum atomic E-state index is 10.4. The van der Waals surface area contributed by atoms with Crippen molar-refractivity contribution in [3.8, 4) is 11.6 Å². The fourth-order valence-corrected chi connectivity index (χ4v) is 1.10. The molecular weight excluding hydrogens is 208 g/mol. The first-order valence-corrected chi connectivity index (χ1v) is 4.50. The number of hydrogen-bond acceptors (Lipinski definition) is 4. The fourth-order valence-electron chi connectivity index (χ4n) is 1.10. The Morgan fingerprint density at radius 1 is 1.38 bits per heavy atom. The molecule has 0 aliphatic heterocycles. The highest BCUT2D eigenvalue weighted by Gasteiger charge is 2.05. The summed E-state index contributed by atoms with van der Waals surface area (Å²) in [5, 5.41) is 10.4. The average Bonchev–Trinajstić information content (AvgIpc) is 2.31. The van der Waals surface area contributed by atoms with Crippen LogP contribution < -0.4 is 4.74 Å². The molecule has 2 rings (SSSR count). The second-order valence-electron chi connectivity index (χ2n) is 2.95. The molecule has 0 fully saturated rings. The van der Waals surface area contributed by atoms with Crippen molar-refractivity contribution >= 4 is 5.69 Å². The molecule has 1 aromatic carbocycles. The van der Waals surface area contributed by atoms with Crippen molar-refractivity contribution in [1.82, 2.24) is 4.98 Å². The number of ether oxygens (including phenoxy) is 1. The number of hydrogen-bond donors (Lipinski definition) is 0. The van der Waals surface area contributed by atoms with Crippen LogP contribution in [0.2, 0.25) is 0 Å². The molecule has 0 saturated carbocycles.